The molecule has 1 nitrogen and oxygen atoms in total. The molecule has 0 atom stereocenters. The normalized spacial score (nSPS) is 11.2. The molecule has 0 radical (unpaired) electrons. The van der Waals surface area contributed by atoms with Crippen molar-refractivity contribution in [2.24, 2.45) is 0 Å². The fourth-order valence-electron chi connectivity index (χ4n) is 2.53. The Morgan fingerprint density at radius 1 is 1.12 bits per heavy atom. The highest BCUT2D eigenvalue weighted by atomic mass is 32.1. The monoisotopic (exact) mass is 367 g/mol. The van der Waals surface area contributed by atoms with Crippen LogP contribution in [0.15, 0.2) is 54.0 Å². The van der Waals surface area contributed by atoms with E-state index < -0.39 is 0 Å². The van der Waals surface area contributed by atoms with E-state index in [1.807, 2.05) is 26.0 Å². The van der Waals surface area contributed by atoms with Gasteiger partial charge in [0, 0.05) is 12.1 Å². The summed E-state index contributed by atoms with van der Waals surface area (Å²) in [6, 6.07) is 12.7. The molecule has 2 aromatic carbocycles. The molecule has 26 heavy (non-hydrogen) atoms. The summed E-state index contributed by atoms with van der Waals surface area (Å²) in [6.07, 6.45) is 2.99. The molecular formula is C24H33NS. The van der Waals surface area contributed by atoms with Crippen molar-refractivity contribution in [1.29, 1.82) is 0 Å². The van der Waals surface area contributed by atoms with E-state index in [1.54, 1.807) is 0 Å². The Hall–Kier alpha value is -1.93. The number of nitrogen functional groups attached to an aromatic ring is 1. The smallest absolute Gasteiger partial charge is 0.0390 e. The molecule has 0 saturated heterocycles. The van der Waals surface area contributed by atoms with Gasteiger partial charge >= 0.3 is 0 Å². The largest absolute Gasteiger partial charge is 0.398 e. The minimum absolute atomic E-state index is 0.540. The molecule has 0 amide bonds. The zero-order valence-corrected chi connectivity index (χ0v) is 18.0. The van der Waals surface area contributed by atoms with Crippen LogP contribution in [0.5, 0.6) is 0 Å². The van der Waals surface area contributed by atoms with E-state index >= 15 is 0 Å². The van der Waals surface area contributed by atoms with Crippen molar-refractivity contribution in [3.05, 3.63) is 81.8 Å². The zero-order valence-electron chi connectivity index (χ0n) is 17.1. The van der Waals surface area contributed by atoms with Gasteiger partial charge in [-0.15, -0.1) is 12.6 Å². The molecule has 0 aromatic heterocycles. The molecule has 2 N–H and O–H groups in total. The van der Waals surface area contributed by atoms with Crippen molar-refractivity contribution in [1.82, 2.24) is 0 Å². The van der Waals surface area contributed by atoms with Crippen LogP contribution in [0, 0.1) is 13.8 Å². The number of allylic oxidation sites excluding steroid dienone is 3. The number of hydrogen-bond acceptors (Lipinski definition) is 2. The summed E-state index contributed by atoms with van der Waals surface area (Å²) < 4.78 is 0. The topological polar surface area (TPSA) is 26.0 Å². The Balaban J connectivity index is 0.000000260. The van der Waals surface area contributed by atoms with Gasteiger partial charge < -0.3 is 5.73 Å². The Bertz CT molecular complexity index is 785. The summed E-state index contributed by atoms with van der Waals surface area (Å²) in [5.74, 6) is 0.540. The Morgan fingerprint density at radius 3 is 2.27 bits per heavy atom. The number of benzene rings is 2. The lowest BCUT2D eigenvalue weighted by molar-refractivity contribution is 0.866. The van der Waals surface area contributed by atoms with E-state index in [2.05, 4.69) is 77.2 Å². The van der Waals surface area contributed by atoms with Crippen LogP contribution >= 0.6 is 12.6 Å². The van der Waals surface area contributed by atoms with Crippen molar-refractivity contribution in [2.45, 2.75) is 53.9 Å². The van der Waals surface area contributed by atoms with Crippen molar-refractivity contribution < 1.29 is 0 Å². The average Bonchev–Trinajstić information content (AvgIpc) is 2.58. The van der Waals surface area contributed by atoms with Crippen LogP contribution in [0.4, 0.5) is 5.69 Å². The summed E-state index contributed by atoms with van der Waals surface area (Å²) >= 11 is 4.36. The summed E-state index contributed by atoms with van der Waals surface area (Å²) in [5, 5.41) is 0. The molecule has 140 valence electrons. The van der Waals surface area contributed by atoms with Crippen molar-refractivity contribution in [2.75, 3.05) is 5.73 Å². The minimum Gasteiger partial charge on any atom is -0.398 e. The third kappa shape index (κ3) is 6.76. The molecule has 0 saturated carbocycles. The van der Waals surface area contributed by atoms with E-state index in [0.29, 0.717) is 5.92 Å². The highest BCUT2D eigenvalue weighted by Gasteiger charge is 2.04. The maximum Gasteiger partial charge on any atom is 0.0390 e. The van der Waals surface area contributed by atoms with Crippen LogP contribution in [-0.2, 0) is 6.42 Å². The van der Waals surface area contributed by atoms with Gasteiger partial charge in [0.05, 0.1) is 0 Å². The number of rotatable bonds is 4. The van der Waals surface area contributed by atoms with E-state index in [1.165, 1.54) is 22.3 Å². The number of aryl methyl sites for hydroxylation is 2. The van der Waals surface area contributed by atoms with Gasteiger partial charge in [0.2, 0.25) is 0 Å². The molecular weight excluding hydrogens is 334 g/mol. The van der Waals surface area contributed by atoms with Crippen LogP contribution in [-0.4, -0.2) is 0 Å². The summed E-state index contributed by atoms with van der Waals surface area (Å²) in [7, 11) is 0. The second kappa shape index (κ2) is 10.3. The first-order chi connectivity index (χ1) is 12.1. The highest BCUT2D eigenvalue weighted by molar-refractivity contribution is 7.84. The maximum absolute atomic E-state index is 5.83. The van der Waals surface area contributed by atoms with Gasteiger partial charge in [-0.2, -0.15) is 0 Å². The third-order valence-electron chi connectivity index (χ3n) is 4.49. The van der Waals surface area contributed by atoms with Gasteiger partial charge in [0.15, 0.2) is 0 Å². The highest BCUT2D eigenvalue weighted by Crippen LogP contribution is 2.24. The van der Waals surface area contributed by atoms with Crippen molar-refractivity contribution in [3.63, 3.8) is 0 Å². The number of hydrogen-bond donors (Lipinski definition) is 2. The predicted molar refractivity (Wildman–Crippen MR) is 122 cm³/mol. The molecule has 0 fully saturated rings. The summed E-state index contributed by atoms with van der Waals surface area (Å²) in [6.45, 7) is 16.5. The van der Waals surface area contributed by atoms with Gasteiger partial charge in [0.1, 0.15) is 0 Å². The van der Waals surface area contributed by atoms with Crippen molar-refractivity contribution >= 4 is 23.9 Å². The maximum atomic E-state index is 5.83. The molecule has 0 aliphatic carbocycles. The van der Waals surface area contributed by atoms with Crippen LogP contribution in [0.25, 0.3) is 5.57 Å². The number of anilines is 1. The minimum atomic E-state index is 0.540. The van der Waals surface area contributed by atoms with Gasteiger partial charge in [-0.25, -0.2) is 0 Å². The molecule has 0 heterocycles. The summed E-state index contributed by atoms with van der Waals surface area (Å²) in [4.78, 5) is 1.13. The molecule has 0 aliphatic rings. The Kier molecular flexibility index (Phi) is 8.74. The molecule has 0 aliphatic heterocycles. The molecule has 2 heteroatoms. The van der Waals surface area contributed by atoms with E-state index in [9.17, 15) is 0 Å². The van der Waals surface area contributed by atoms with Crippen LogP contribution in [0.1, 0.15) is 61.4 Å². The third-order valence-corrected chi connectivity index (χ3v) is 4.91. The van der Waals surface area contributed by atoms with E-state index in [-0.39, 0.29) is 0 Å². The summed E-state index contributed by atoms with van der Waals surface area (Å²) in [5.41, 5.74) is 14.1. The van der Waals surface area contributed by atoms with E-state index in [0.717, 1.165) is 28.1 Å². The standard InChI is InChI=1S/C12H17N.C12H16S/c1-8(2)10-5-6-12(13)11(7-10)9(3)4;1-4-12(13)8-11-6-5-9(2)10(3)7-11/h5-8H,3,13H2,1-2,4H3;4-7,13H,8H2,1-3H3/b;12-4+. The molecule has 0 unspecified atom stereocenters. The fourth-order valence-corrected chi connectivity index (χ4v) is 2.71. The lowest BCUT2D eigenvalue weighted by Crippen LogP contribution is -1.95. The van der Waals surface area contributed by atoms with Gasteiger partial charge in [-0.1, -0.05) is 50.8 Å². The van der Waals surface area contributed by atoms with E-state index in [4.69, 9.17) is 5.73 Å². The van der Waals surface area contributed by atoms with Crippen LogP contribution in [0.3, 0.4) is 0 Å². The van der Waals surface area contributed by atoms with Gasteiger partial charge in [-0.3, -0.25) is 0 Å². The lowest BCUT2D eigenvalue weighted by atomic mass is 9.97. The van der Waals surface area contributed by atoms with Gasteiger partial charge in [0.25, 0.3) is 0 Å². The second-order valence-electron chi connectivity index (χ2n) is 7.16. The lowest BCUT2D eigenvalue weighted by Gasteiger charge is -2.10. The number of thiol groups is 1. The quantitative estimate of drug-likeness (QED) is 0.437. The van der Waals surface area contributed by atoms with Crippen LogP contribution in [0.2, 0.25) is 0 Å². The number of nitrogens with two attached hydrogens (primary N) is 1. The average molecular weight is 368 g/mol. The van der Waals surface area contributed by atoms with Crippen molar-refractivity contribution in [3.8, 4) is 0 Å². The second-order valence-corrected chi connectivity index (χ2v) is 7.73. The van der Waals surface area contributed by atoms with Crippen LogP contribution < -0.4 is 5.73 Å². The SMILES string of the molecule is C/C=C(/S)Cc1ccc(C)c(C)c1.C=C(C)c1cc(C(C)C)ccc1N. The Morgan fingerprint density at radius 2 is 1.77 bits per heavy atom. The predicted octanol–water partition coefficient (Wildman–Crippen LogP) is 7.10. The molecule has 0 bridgehead atoms. The first-order valence-electron chi connectivity index (χ1n) is 9.11. The Labute approximate surface area is 165 Å². The first-order valence-corrected chi connectivity index (χ1v) is 9.56. The molecule has 0 spiro atoms. The fraction of sp³-hybridized carbons (Fsp3) is 0.333. The molecule has 2 aromatic rings. The zero-order chi connectivity index (χ0) is 19.9. The van der Waals surface area contributed by atoms with Gasteiger partial charge in [-0.05, 0) is 84.0 Å². The first kappa shape index (κ1) is 22.1. The molecule has 2 rings (SSSR count).